The normalized spacial score (nSPS) is 14.9. The van der Waals surface area contributed by atoms with Crippen molar-refractivity contribution in [2.45, 2.75) is 31.1 Å². The minimum atomic E-state index is -0.0275. The predicted molar refractivity (Wildman–Crippen MR) is 130 cm³/mol. The van der Waals surface area contributed by atoms with Crippen LogP contribution in [0.15, 0.2) is 65.7 Å². The molecule has 1 saturated carbocycles. The number of rotatable bonds is 8. The smallest absolute Gasteiger partial charge is 0.239 e. The number of amides is 1. The van der Waals surface area contributed by atoms with E-state index in [9.17, 15) is 4.79 Å². The Hall–Kier alpha value is -2.09. The van der Waals surface area contributed by atoms with Gasteiger partial charge in [0.15, 0.2) is 5.96 Å². The number of aliphatic imine (C=N–C) groups is 1. The lowest BCUT2D eigenvalue weighted by molar-refractivity contribution is -0.119. The molecule has 3 rings (SSSR count). The van der Waals surface area contributed by atoms with Crippen LogP contribution in [-0.4, -0.2) is 38.5 Å². The summed E-state index contributed by atoms with van der Waals surface area (Å²) in [7, 11) is 1.73. The number of hydrogen-bond donors (Lipinski definition) is 3. The third kappa shape index (κ3) is 6.73. The van der Waals surface area contributed by atoms with Crippen LogP contribution in [0.3, 0.4) is 0 Å². The average molecular weight is 506 g/mol. The minimum Gasteiger partial charge on any atom is -0.356 e. The molecule has 0 radical (unpaired) electrons. The molecule has 0 aliphatic heterocycles. The van der Waals surface area contributed by atoms with Gasteiger partial charge in [-0.25, -0.2) is 0 Å². The average Bonchev–Trinajstić information content (AvgIpc) is 2.71. The number of nitrogens with zero attached hydrogens (tertiary/aromatic N) is 1. The van der Waals surface area contributed by atoms with Crippen molar-refractivity contribution in [3.63, 3.8) is 0 Å². The molecule has 1 amide bonds. The molecule has 1 fully saturated rings. The predicted octanol–water partition coefficient (Wildman–Crippen LogP) is 3.25. The topological polar surface area (TPSA) is 65.5 Å². The fourth-order valence-corrected chi connectivity index (χ4v) is 3.65. The van der Waals surface area contributed by atoms with E-state index in [0.717, 1.165) is 13.0 Å². The zero-order valence-corrected chi connectivity index (χ0v) is 19.3. The molecule has 6 heteroatoms. The summed E-state index contributed by atoms with van der Waals surface area (Å²) in [6.07, 6.45) is 4.45. The molecular weight excluding hydrogens is 475 g/mol. The first-order chi connectivity index (χ1) is 13.7. The van der Waals surface area contributed by atoms with Crippen LogP contribution in [0, 0.1) is 0 Å². The second-order valence-electron chi connectivity index (χ2n) is 7.36. The largest absolute Gasteiger partial charge is 0.356 e. The Kier molecular flexibility index (Phi) is 9.44. The summed E-state index contributed by atoms with van der Waals surface area (Å²) in [6.45, 7) is 1.67. The maximum atomic E-state index is 12.1. The van der Waals surface area contributed by atoms with Crippen molar-refractivity contribution in [3.8, 4) is 0 Å². The highest BCUT2D eigenvalue weighted by molar-refractivity contribution is 14.0. The highest BCUT2D eigenvalue weighted by Gasteiger charge is 2.38. The van der Waals surface area contributed by atoms with Crippen molar-refractivity contribution < 1.29 is 4.79 Å². The Labute approximate surface area is 190 Å². The van der Waals surface area contributed by atoms with E-state index in [4.69, 9.17) is 0 Å². The molecule has 0 bridgehead atoms. The van der Waals surface area contributed by atoms with Crippen LogP contribution in [0.5, 0.6) is 0 Å². The third-order valence-electron chi connectivity index (χ3n) is 5.51. The van der Waals surface area contributed by atoms with Gasteiger partial charge in [-0.15, -0.1) is 24.0 Å². The molecule has 3 N–H and O–H groups in total. The molecule has 0 unspecified atom stereocenters. The standard InChI is InChI=1S/C23H30N4O.HI/c1-24-22(26-17-21(28)25-16-13-19-9-4-2-5-10-19)27-18-23(14-8-15-23)20-11-6-3-7-12-20;/h2-7,9-12H,8,13-18H2,1H3,(H,25,28)(H2,24,26,27);1H. The summed E-state index contributed by atoms with van der Waals surface area (Å²) in [5.41, 5.74) is 2.78. The van der Waals surface area contributed by atoms with Crippen LogP contribution in [-0.2, 0) is 16.6 Å². The van der Waals surface area contributed by atoms with Crippen LogP contribution in [0.25, 0.3) is 0 Å². The van der Waals surface area contributed by atoms with Crippen LogP contribution in [0.1, 0.15) is 30.4 Å². The Morgan fingerprint density at radius 1 is 0.966 bits per heavy atom. The zero-order chi connectivity index (χ0) is 19.7. The van der Waals surface area contributed by atoms with E-state index in [1.807, 2.05) is 18.2 Å². The molecule has 0 spiro atoms. The van der Waals surface area contributed by atoms with Crippen molar-refractivity contribution in [2.24, 2.45) is 4.99 Å². The molecule has 0 heterocycles. The van der Waals surface area contributed by atoms with E-state index >= 15 is 0 Å². The summed E-state index contributed by atoms with van der Waals surface area (Å²) < 4.78 is 0. The van der Waals surface area contributed by atoms with Gasteiger partial charge in [0.25, 0.3) is 0 Å². The molecule has 2 aromatic carbocycles. The number of halogens is 1. The summed E-state index contributed by atoms with van der Waals surface area (Å²) in [4.78, 5) is 16.3. The number of benzene rings is 2. The van der Waals surface area contributed by atoms with E-state index < -0.39 is 0 Å². The Bertz CT molecular complexity index is 776. The first-order valence-electron chi connectivity index (χ1n) is 10.0. The van der Waals surface area contributed by atoms with Gasteiger partial charge >= 0.3 is 0 Å². The number of carbonyl (C=O) groups is 1. The molecule has 156 valence electrons. The van der Waals surface area contributed by atoms with Crippen molar-refractivity contribution >= 4 is 35.8 Å². The maximum absolute atomic E-state index is 12.1. The van der Waals surface area contributed by atoms with Gasteiger partial charge in [0.1, 0.15) is 0 Å². The number of hydrogen-bond acceptors (Lipinski definition) is 2. The number of nitrogens with one attached hydrogen (secondary N) is 3. The van der Waals surface area contributed by atoms with Gasteiger partial charge in [-0.2, -0.15) is 0 Å². The minimum absolute atomic E-state index is 0. The molecule has 0 saturated heterocycles. The Morgan fingerprint density at radius 3 is 2.21 bits per heavy atom. The van der Waals surface area contributed by atoms with Crippen LogP contribution in [0.2, 0.25) is 0 Å². The van der Waals surface area contributed by atoms with Gasteiger partial charge in [-0.05, 0) is 30.4 Å². The Morgan fingerprint density at radius 2 is 1.62 bits per heavy atom. The molecule has 2 aromatic rings. The van der Waals surface area contributed by atoms with Crippen LogP contribution >= 0.6 is 24.0 Å². The molecular formula is C23H31IN4O. The van der Waals surface area contributed by atoms with Crippen molar-refractivity contribution in [1.29, 1.82) is 0 Å². The Balaban J connectivity index is 0.00000300. The molecule has 1 aliphatic carbocycles. The van der Waals surface area contributed by atoms with Crippen molar-refractivity contribution in [1.82, 2.24) is 16.0 Å². The SMILES string of the molecule is CN=C(NCC(=O)NCCc1ccccc1)NCC1(c2ccccc2)CCC1.I. The first kappa shape index (κ1) is 23.2. The van der Waals surface area contributed by atoms with Gasteiger partial charge in [0.2, 0.25) is 5.91 Å². The van der Waals surface area contributed by atoms with E-state index in [2.05, 4.69) is 63.4 Å². The van der Waals surface area contributed by atoms with Gasteiger partial charge in [0.05, 0.1) is 6.54 Å². The fraction of sp³-hybridized carbons (Fsp3) is 0.391. The second-order valence-corrected chi connectivity index (χ2v) is 7.36. The van der Waals surface area contributed by atoms with Gasteiger partial charge in [-0.1, -0.05) is 67.1 Å². The van der Waals surface area contributed by atoms with Gasteiger partial charge in [0, 0.05) is 25.6 Å². The summed E-state index contributed by atoms with van der Waals surface area (Å²) in [6, 6.07) is 20.8. The second kappa shape index (κ2) is 11.8. The monoisotopic (exact) mass is 506 g/mol. The van der Waals surface area contributed by atoms with Crippen LogP contribution < -0.4 is 16.0 Å². The number of guanidine groups is 1. The fourth-order valence-electron chi connectivity index (χ4n) is 3.65. The lowest BCUT2D eigenvalue weighted by atomic mass is 9.64. The third-order valence-corrected chi connectivity index (χ3v) is 5.51. The maximum Gasteiger partial charge on any atom is 0.239 e. The van der Waals surface area contributed by atoms with E-state index in [1.165, 1.54) is 30.4 Å². The quantitative estimate of drug-likeness (QED) is 0.293. The van der Waals surface area contributed by atoms with Crippen molar-refractivity contribution in [2.75, 3.05) is 26.7 Å². The molecule has 0 aromatic heterocycles. The van der Waals surface area contributed by atoms with Gasteiger partial charge in [-0.3, -0.25) is 9.79 Å². The summed E-state index contributed by atoms with van der Waals surface area (Å²) in [5.74, 6) is 0.640. The summed E-state index contributed by atoms with van der Waals surface area (Å²) >= 11 is 0. The highest BCUT2D eigenvalue weighted by Crippen LogP contribution is 2.43. The number of carbonyl (C=O) groups excluding carboxylic acids is 1. The molecule has 5 nitrogen and oxygen atoms in total. The van der Waals surface area contributed by atoms with Crippen LogP contribution in [0.4, 0.5) is 0 Å². The van der Waals surface area contributed by atoms with E-state index in [0.29, 0.717) is 12.5 Å². The lowest BCUT2D eigenvalue weighted by Crippen LogP contribution is -2.50. The van der Waals surface area contributed by atoms with E-state index in [-0.39, 0.29) is 41.8 Å². The highest BCUT2D eigenvalue weighted by atomic mass is 127. The van der Waals surface area contributed by atoms with Crippen molar-refractivity contribution in [3.05, 3.63) is 71.8 Å². The van der Waals surface area contributed by atoms with E-state index in [1.54, 1.807) is 7.05 Å². The lowest BCUT2D eigenvalue weighted by Gasteiger charge is -2.43. The zero-order valence-electron chi connectivity index (χ0n) is 17.0. The summed E-state index contributed by atoms with van der Waals surface area (Å²) in [5, 5.41) is 9.47. The molecule has 29 heavy (non-hydrogen) atoms. The van der Waals surface area contributed by atoms with Gasteiger partial charge < -0.3 is 16.0 Å². The first-order valence-corrected chi connectivity index (χ1v) is 10.0. The molecule has 1 aliphatic rings. The molecule has 0 atom stereocenters.